The quantitative estimate of drug-likeness (QED) is 0.851. The molecular weight excluding hydrogens is 226 g/mol. The van der Waals surface area contributed by atoms with Crippen LogP contribution >= 0.6 is 0 Å². The van der Waals surface area contributed by atoms with E-state index < -0.39 is 0 Å². The monoisotopic (exact) mass is 243 g/mol. The summed E-state index contributed by atoms with van der Waals surface area (Å²) >= 11 is 0. The lowest BCUT2D eigenvalue weighted by molar-refractivity contribution is -0.117. The van der Waals surface area contributed by atoms with Crippen LogP contribution in [0.1, 0.15) is 24.8 Å². The number of pyridine rings is 1. The van der Waals surface area contributed by atoms with Crippen LogP contribution in [0.25, 0.3) is 5.57 Å². The Morgan fingerprint density at radius 2 is 2.28 bits per heavy atom. The third kappa shape index (κ3) is 2.59. The molecule has 0 atom stereocenters. The summed E-state index contributed by atoms with van der Waals surface area (Å²) in [6, 6.07) is 3.92. The zero-order chi connectivity index (χ0) is 12.4. The van der Waals surface area contributed by atoms with Crippen molar-refractivity contribution >= 4 is 17.3 Å². The SMILES string of the molecule is O=C(Nc1ccc(C2=CCNCC2)cn1)C1CC1. The fourth-order valence-corrected chi connectivity index (χ4v) is 2.12. The first-order valence-corrected chi connectivity index (χ1v) is 6.50. The molecule has 0 spiro atoms. The van der Waals surface area contributed by atoms with E-state index in [0.717, 1.165) is 37.9 Å². The number of hydrogen-bond acceptors (Lipinski definition) is 3. The van der Waals surface area contributed by atoms with Crippen molar-refractivity contribution in [1.82, 2.24) is 10.3 Å². The van der Waals surface area contributed by atoms with Crippen molar-refractivity contribution in [1.29, 1.82) is 0 Å². The van der Waals surface area contributed by atoms with Crippen LogP contribution in [0, 0.1) is 5.92 Å². The molecule has 1 fully saturated rings. The molecule has 4 heteroatoms. The summed E-state index contributed by atoms with van der Waals surface area (Å²) in [6.07, 6.45) is 7.12. The number of nitrogens with zero attached hydrogens (tertiary/aromatic N) is 1. The summed E-state index contributed by atoms with van der Waals surface area (Å²) in [5, 5.41) is 6.14. The van der Waals surface area contributed by atoms with Crippen LogP contribution in [-0.2, 0) is 4.79 Å². The topological polar surface area (TPSA) is 54.0 Å². The molecule has 1 saturated carbocycles. The molecule has 1 amide bonds. The highest BCUT2D eigenvalue weighted by Crippen LogP contribution is 2.30. The van der Waals surface area contributed by atoms with Crippen molar-refractivity contribution in [2.24, 2.45) is 5.92 Å². The van der Waals surface area contributed by atoms with E-state index in [1.807, 2.05) is 18.3 Å². The molecule has 0 unspecified atom stereocenters. The highest BCUT2D eigenvalue weighted by atomic mass is 16.2. The van der Waals surface area contributed by atoms with Gasteiger partial charge in [0, 0.05) is 18.7 Å². The van der Waals surface area contributed by atoms with Gasteiger partial charge in [-0.15, -0.1) is 0 Å². The Bertz CT molecular complexity index is 474. The van der Waals surface area contributed by atoms with Crippen LogP contribution in [0.4, 0.5) is 5.82 Å². The van der Waals surface area contributed by atoms with Crippen molar-refractivity contribution in [3.8, 4) is 0 Å². The first-order chi connectivity index (χ1) is 8.83. The van der Waals surface area contributed by atoms with Crippen molar-refractivity contribution in [3.05, 3.63) is 30.0 Å². The molecule has 2 heterocycles. The molecule has 4 nitrogen and oxygen atoms in total. The molecule has 0 bridgehead atoms. The summed E-state index contributed by atoms with van der Waals surface area (Å²) in [5.41, 5.74) is 2.49. The summed E-state index contributed by atoms with van der Waals surface area (Å²) in [4.78, 5) is 15.9. The van der Waals surface area contributed by atoms with Gasteiger partial charge in [-0.2, -0.15) is 0 Å². The van der Waals surface area contributed by atoms with Crippen molar-refractivity contribution in [2.75, 3.05) is 18.4 Å². The number of rotatable bonds is 3. The van der Waals surface area contributed by atoms with Crippen LogP contribution < -0.4 is 10.6 Å². The van der Waals surface area contributed by atoms with E-state index in [9.17, 15) is 4.79 Å². The summed E-state index contributed by atoms with van der Waals surface area (Å²) in [7, 11) is 0. The van der Waals surface area contributed by atoms with Gasteiger partial charge in [-0.3, -0.25) is 4.79 Å². The third-order valence-electron chi connectivity index (χ3n) is 3.40. The van der Waals surface area contributed by atoms with Gasteiger partial charge in [-0.1, -0.05) is 6.08 Å². The highest BCUT2D eigenvalue weighted by molar-refractivity contribution is 5.93. The largest absolute Gasteiger partial charge is 0.313 e. The van der Waals surface area contributed by atoms with Gasteiger partial charge < -0.3 is 10.6 Å². The molecule has 1 aromatic heterocycles. The average Bonchev–Trinajstić information content (AvgIpc) is 3.25. The molecule has 0 aromatic carbocycles. The molecule has 1 aliphatic carbocycles. The van der Waals surface area contributed by atoms with E-state index in [4.69, 9.17) is 0 Å². The van der Waals surface area contributed by atoms with Gasteiger partial charge in [0.2, 0.25) is 5.91 Å². The Labute approximate surface area is 106 Å². The number of aromatic nitrogens is 1. The molecule has 94 valence electrons. The van der Waals surface area contributed by atoms with E-state index in [2.05, 4.69) is 21.7 Å². The number of nitrogens with one attached hydrogen (secondary N) is 2. The van der Waals surface area contributed by atoms with E-state index in [-0.39, 0.29) is 11.8 Å². The molecule has 0 saturated heterocycles. The molecular formula is C14H17N3O. The predicted molar refractivity (Wildman–Crippen MR) is 71.1 cm³/mol. The second-order valence-electron chi connectivity index (χ2n) is 4.88. The van der Waals surface area contributed by atoms with Gasteiger partial charge in [0.25, 0.3) is 0 Å². The van der Waals surface area contributed by atoms with Crippen molar-refractivity contribution in [3.63, 3.8) is 0 Å². The van der Waals surface area contributed by atoms with Crippen LogP contribution in [0.5, 0.6) is 0 Å². The van der Waals surface area contributed by atoms with Gasteiger partial charge in [0.15, 0.2) is 0 Å². The second-order valence-corrected chi connectivity index (χ2v) is 4.88. The minimum Gasteiger partial charge on any atom is -0.313 e. The molecule has 1 aromatic rings. The van der Waals surface area contributed by atoms with Crippen LogP contribution in [0.2, 0.25) is 0 Å². The first kappa shape index (κ1) is 11.4. The maximum Gasteiger partial charge on any atom is 0.228 e. The van der Waals surface area contributed by atoms with E-state index in [1.165, 1.54) is 5.57 Å². The molecule has 2 aliphatic rings. The fourth-order valence-electron chi connectivity index (χ4n) is 2.12. The Morgan fingerprint density at radius 1 is 1.39 bits per heavy atom. The Morgan fingerprint density at radius 3 is 2.89 bits per heavy atom. The standard InChI is InChI=1S/C14H17N3O/c18-14(11-1-2-11)17-13-4-3-12(9-16-13)10-5-7-15-8-6-10/h3-5,9,11,15H,1-2,6-8H2,(H,16,17,18). The zero-order valence-corrected chi connectivity index (χ0v) is 10.3. The fraction of sp³-hybridized carbons (Fsp3) is 0.429. The minimum atomic E-state index is 0.108. The third-order valence-corrected chi connectivity index (χ3v) is 3.40. The Kier molecular flexibility index (Phi) is 3.11. The van der Waals surface area contributed by atoms with Crippen LogP contribution in [0.15, 0.2) is 24.4 Å². The van der Waals surface area contributed by atoms with Crippen LogP contribution in [-0.4, -0.2) is 24.0 Å². The number of carbonyl (C=O) groups excluding carboxylic acids is 1. The molecule has 0 radical (unpaired) electrons. The summed E-state index contributed by atoms with van der Waals surface area (Å²) < 4.78 is 0. The average molecular weight is 243 g/mol. The predicted octanol–water partition coefficient (Wildman–Crippen LogP) is 1.81. The molecule has 3 rings (SSSR count). The Hall–Kier alpha value is -1.68. The number of hydrogen-bond donors (Lipinski definition) is 2. The highest BCUT2D eigenvalue weighted by Gasteiger charge is 2.29. The van der Waals surface area contributed by atoms with Crippen molar-refractivity contribution in [2.45, 2.75) is 19.3 Å². The summed E-state index contributed by atoms with van der Waals surface area (Å²) in [6.45, 7) is 1.95. The van der Waals surface area contributed by atoms with Gasteiger partial charge in [-0.25, -0.2) is 4.98 Å². The maximum atomic E-state index is 11.6. The van der Waals surface area contributed by atoms with Crippen molar-refractivity contribution < 1.29 is 4.79 Å². The smallest absolute Gasteiger partial charge is 0.228 e. The van der Waals surface area contributed by atoms with Crippen LogP contribution in [0.3, 0.4) is 0 Å². The lowest BCUT2D eigenvalue weighted by atomic mass is 10.0. The lowest BCUT2D eigenvalue weighted by Gasteiger charge is -2.14. The van der Waals surface area contributed by atoms with E-state index >= 15 is 0 Å². The molecule has 1 aliphatic heterocycles. The molecule has 18 heavy (non-hydrogen) atoms. The number of anilines is 1. The minimum absolute atomic E-state index is 0.108. The van der Waals surface area contributed by atoms with Gasteiger partial charge in [0.05, 0.1) is 0 Å². The van der Waals surface area contributed by atoms with E-state index in [0.29, 0.717) is 5.82 Å². The maximum absolute atomic E-state index is 11.6. The van der Waals surface area contributed by atoms with Gasteiger partial charge >= 0.3 is 0 Å². The first-order valence-electron chi connectivity index (χ1n) is 6.50. The number of amides is 1. The Balaban J connectivity index is 1.68. The molecule has 2 N–H and O–H groups in total. The number of carbonyl (C=O) groups is 1. The second kappa shape index (κ2) is 4.90. The van der Waals surface area contributed by atoms with Gasteiger partial charge in [0.1, 0.15) is 5.82 Å². The van der Waals surface area contributed by atoms with Gasteiger partial charge in [-0.05, 0) is 49.1 Å². The zero-order valence-electron chi connectivity index (χ0n) is 10.3. The van der Waals surface area contributed by atoms with E-state index in [1.54, 1.807) is 0 Å². The summed E-state index contributed by atoms with van der Waals surface area (Å²) in [5.74, 6) is 0.986. The lowest BCUT2D eigenvalue weighted by Crippen LogP contribution is -2.20. The normalized spacial score (nSPS) is 19.2.